The molecule has 2 aromatic carbocycles. The van der Waals surface area contributed by atoms with Gasteiger partial charge in [0, 0.05) is 21.9 Å². The van der Waals surface area contributed by atoms with Gasteiger partial charge in [-0.3, -0.25) is 9.59 Å². The van der Waals surface area contributed by atoms with Crippen molar-refractivity contribution in [3.63, 3.8) is 0 Å². The average Bonchev–Trinajstić information content (AvgIpc) is 3.20. The second-order valence-corrected chi connectivity index (χ2v) is 7.62. The number of aryl methyl sites for hydroxylation is 1. The van der Waals surface area contributed by atoms with Gasteiger partial charge in [-0.05, 0) is 61.0 Å². The number of halogens is 1. The van der Waals surface area contributed by atoms with Gasteiger partial charge in [-0.25, -0.2) is 0 Å². The van der Waals surface area contributed by atoms with Crippen LogP contribution in [0.5, 0.6) is 0 Å². The molecule has 2 aromatic heterocycles. The first-order valence-electron chi connectivity index (χ1n) is 9.15. The Morgan fingerprint density at radius 3 is 2.70 bits per heavy atom. The maximum absolute atomic E-state index is 12.9. The van der Waals surface area contributed by atoms with Crippen molar-refractivity contribution in [3.05, 3.63) is 87.3 Å². The van der Waals surface area contributed by atoms with Crippen LogP contribution in [0.4, 0.5) is 5.69 Å². The van der Waals surface area contributed by atoms with E-state index in [0.717, 1.165) is 15.6 Å². The van der Waals surface area contributed by atoms with Crippen LogP contribution in [0.1, 0.15) is 5.56 Å². The molecule has 4 rings (SSSR count). The van der Waals surface area contributed by atoms with Gasteiger partial charge in [0.1, 0.15) is 12.1 Å². The Labute approximate surface area is 180 Å². The Morgan fingerprint density at radius 1 is 1.13 bits per heavy atom. The molecule has 0 aliphatic heterocycles. The third kappa shape index (κ3) is 4.38. The van der Waals surface area contributed by atoms with Crippen molar-refractivity contribution in [2.24, 2.45) is 0 Å². The molecule has 0 unspecified atom stereocenters. The van der Waals surface area contributed by atoms with Crippen molar-refractivity contribution in [3.8, 4) is 22.8 Å². The predicted octanol–water partition coefficient (Wildman–Crippen LogP) is 4.27. The van der Waals surface area contributed by atoms with E-state index in [-0.39, 0.29) is 29.5 Å². The van der Waals surface area contributed by atoms with Gasteiger partial charge in [0.25, 0.3) is 11.4 Å². The number of pyridine rings is 1. The molecule has 0 aliphatic rings. The van der Waals surface area contributed by atoms with Crippen molar-refractivity contribution in [1.29, 1.82) is 0 Å². The highest BCUT2D eigenvalue weighted by atomic mass is 79.9. The van der Waals surface area contributed by atoms with E-state index in [1.807, 2.05) is 49.4 Å². The summed E-state index contributed by atoms with van der Waals surface area (Å²) >= 11 is 3.38. The van der Waals surface area contributed by atoms with E-state index >= 15 is 0 Å². The van der Waals surface area contributed by atoms with Gasteiger partial charge >= 0.3 is 0 Å². The number of carbonyl (C=O) groups excluding carboxylic acids is 1. The molecule has 30 heavy (non-hydrogen) atoms. The lowest BCUT2D eigenvalue weighted by atomic mass is 10.2. The van der Waals surface area contributed by atoms with Gasteiger partial charge in [-0.15, -0.1) is 0 Å². The Balaban J connectivity index is 1.55. The number of aromatic nitrogens is 3. The van der Waals surface area contributed by atoms with Gasteiger partial charge in [0.2, 0.25) is 11.7 Å². The number of benzene rings is 2. The topological polar surface area (TPSA) is 90.0 Å². The zero-order chi connectivity index (χ0) is 21.1. The number of carbonyl (C=O) groups is 1. The molecule has 8 heteroatoms. The summed E-state index contributed by atoms with van der Waals surface area (Å²) in [4.78, 5) is 29.6. The molecule has 1 amide bonds. The number of hydrogen-bond acceptors (Lipinski definition) is 5. The number of amides is 1. The summed E-state index contributed by atoms with van der Waals surface area (Å²) < 4.78 is 7.54. The van der Waals surface area contributed by atoms with Gasteiger partial charge in [-0.2, -0.15) is 4.98 Å². The molecule has 0 atom stereocenters. The Kier molecular flexibility index (Phi) is 5.58. The van der Waals surface area contributed by atoms with Gasteiger partial charge in [0.05, 0.1) is 0 Å². The highest BCUT2D eigenvalue weighted by molar-refractivity contribution is 9.10. The average molecular weight is 465 g/mol. The smallest absolute Gasteiger partial charge is 0.263 e. The lowest BCUT2D eigenvalue weighted by Gasteiger charge is -2.08. The second-order valence-electron chi connectivity index (χ2n) is 6.70. The van der Waals surface area contributed by atoms with Gasteiger partial charge < -0.3 is 14.4 Å². The fraction of sp³-hybridized carbons (Fsp3) is 0.0909. The number of nitrogens with one attached hydrogen (secondary N) is 1. The van der Waals surface area contributed by atoms with Crippen LogP contribution >= 0.6 is 15.9 Å². The minimum atomic E-state index is -0.386. The molecule has 0 saturated carbocycles. The largest absolute Gasteiger partial charge is 0.333 e. The quantitative estimate of drug-likeness (QED) is 0.476. The third-order valence-electron chi connectivity index (χ3n) is 4.39. The molecule has 2 heterocycles. The molecular formula is C22H17BrN4O3. The fourth-order valence-corrected chi connectivity index (χ4v) is 3.22. The number of anilines is 1. The van der Waals surface area contributed by atoms with E-state index in [9.17, 15) is 9.59 Å². The second kappa shape index (κ2) is 8.46. The molecule has 0 aliphatic carbocycles. The summed E-state index contributed by atoms with van der Waals surface area (Å²) in [6, 6.07) is 18.1. The standard InChI is InChI=1S/C22H17BrN4O3/c1-14-4-2-5-17(12-14)24-19(28)13-27-11-3-6-18(22(27)29)21-25-20(26-30-21)15-7-9-16(23)10-8-15/h2-12H,13H2,1H3,(H,24,28). The van der Waals surface area contributed by atoms with E-state index in [1.165, 1.54) is 4.57 Å². The van der Waals surface area contributed by atoms with Crippen LogP contribution in [0.15, 0.2) is 80.7 Å². The van der Waals surface area contributed by atoms with E-state index in [0.29, 0.717) is 11.5 Å². The molecule has 0 bridgehead atoms. The van der Waals surface area contributed by atoms with Crippen molar-refractivity contribution in [2.45, 2.75) is 13.5 Å². The van der Waals surface area contributed by atoms with Crippen LogP contribution in [0.25, 0.3) is 22.8 Å². The van der Waals surface area contributed by atoms with Crippen molar-refractivity contribution < 1.29 is 9.32 Å². The van der Waals surface area contributed by atoms with E-state index in [2.05, 4.69) is 31.4 Å². The maximum atomic E-state index is 12.9. The zero-order valence-electron chi connectivity index (χ0n) is 16.0. The minimum Gasteiger partial charge on any atom is -0.333 e. The lowest BCUT2D eigenvalue weighted by molar-refractivity contribution is -0.116. The van der Waals surface area contributed by atoms with Crippen molar-refractivity contribution >= 4 is 27.5 Å². The molecule has 4 aromatic rings. The maximum Gasteiger partial charge on any atom is 0.263 e. The third-order valence-corrected chi connectivity index (χ3v) is 4.92. The first-order chi connectivity index (χ1) is 14.5. The normalized spacial score (nSPS) is 10.7. The van der Waals surface area contributed by atoms with Gasteiger partial charge in [-0.1, -0.05) is 33.2 Å². The van der Waals surface area contributed by atoms with E-state index < -0.39 is 0 Å². The van der Waals surface area contributed by atoms with Gasteiger partial charge in [0.15, 0.2) is 0 Å². The number of hydrogen-bond donors (Lipinski definition) is 1. The van der Waals surface area contributed by atoms with Crippen LogP contribution in [0.3, 0.4) is 0 Å². The number of nitrogens with zero attached hydrogens (tertiary/aromatic N) is 3. The minimum absolute atomic E-state index is 0.103. The predicted molar refractivity (Wildman–Crippen MR) is 117 cm³/mol. The lowest BCUT2D eigenvalue weighted by Crippen LogP contribution is -2.28. The summed E-state index contributed by atoms with van der Waals surface area (Å²) in [6.45, 7) is 1.81. The highest BCUT2D eigenvalue weighted by Crippen LogP contribution is 2.22. The van der Waals surface area contributed by atoms with Crippen molar-refractivity contribution in [1.82, 2.24) is 14.7 Å². The fourth-order valence-electron chi connectivity index (χ4n) is 2.95. The number of rotatable bonds is 5. The summed E-state index contributed by atoms with van der Waals surface area (Å²) in [5, 5.41) is 6.75. The molecule has 1 N–H and O–H groups in total. The van der Waals surface area contributed by atoms with Crippen LogP contribution in [-0.2, 0) is 11.3 Å². The molecule has 7 nitrogen and oxygen atoms in total. The Morgan fingerprint density at radius 2 is 1.93 bits per heavy atom. The Bertz CT molecular complexity index is 1260. The first-order valence-corrected chi connectivity index (χ1v) is 9.95. The molecule has 0 fully saturated rings. The van der Waals surface area contributed by atoms with Crippen LogP contribution in [-0.4, -0.2) is 20.6 Å². The first kappa shape index (κ1) is 19.8. The summed E-state index contributed by atoms with van der Waals surface area (Å²) in [6.07, 6.45) is 1.55. The molecule has 0 spiro atoms. The Hall–Kier alpha value is -3.52. The summed E-state index contributed by atoms with van der Waals surface area (Å²) in [7, 11) is 0. The zero-order valence-corrected chi connectivity index (χ0v) is 17.6. The van der Waals surface area contributed by atoms with E-state index in [4.69, 9.17) is 4.52 Å². The summed E-state index contributed by atoms with van der Waals surface area (Å²) in [5.74, 6) is 0.178. The van der Waals surface area contributed by atoms with Crippen LogP contribution in [0.2, 0.25) is 0 Å². The van der Waals surface area contributed by atoms with Crippen LogP contribution in [0, 0.1) is 6.92 Å². The SMILES string of the molecule is Cc1cccc(NC(=O)Cn2cccc(-c3nc(-c4ccc(Br)cc4)no3)c2=O)c1. The molecular weight excluding hydrogens is 448 g/mol. The van der Waals surface area contributed by atoms with E-state index in [1.54, 1.807) is 24.4 Å². The monoisotopic (exact) mass is 464 g/mol. The van der Waals surface area contributed by atoms with Crippen LogP contribution < -0.4 is 10.9 Å². The molecule has 150 valence electrons. The highest BCUT2D eigenvalue weighted by Gasteiger charge is 2.16. The van der Waals surface area contributed by atoms with Crippen molar-refractivity contribution in [2.75, 3.05) is 5.32 Å². The molecule has 0 radical (unpaired) electrons. The summed E-state index contributed by atoms with van der Waals surface area (Å²) in [5.41, 5.74) is 2.33. The molecule has 0 saturated heterocycles.